The van der Waals surface area contributed by atoms with Crippen molar-refractivity contribution in [3.8, 4) is 5.75 Å². The molecule has 0 fully saturated rings. The number of ether oxygens (including phenoxy) is 1. The Morgan fingerprint density at radius 2 is 1.89 bits per heavy atom. The van der Waals surface area contributed by atoms with E-state index in [1.807, 2.05) is 24.3 Å². The van der Waals surface area contributed by atoms with E-state index < -0.39 is 5.97 Å². The molecule has 0 atom stereocenters. The van der Waals surface area contributed by atoms with Gasteiger partial charge in [-0.15, -0.1) is 0 Å². The van der Waals surface area contributed by atoms with Gasteiger partial charge in [-0.3, -0.25) is 9.59 Å². The summed E-state index contributed by atoms with van der Waals surface area (Å²) in [7, 11) is 0. The van der Waals surface area contributed by atoms with Crippen LogP contribution >= 0.6 is 22.6 Å². The van der Waals surface area contributed by atoms with Crippen LogP contribution in [0.15, 0.2) is 24.3 Å². The van der Waals surface area contributed by atoms with Crippen molar-refractivity contribution in [3.05, 3.63) is 27.8 Å². The lowest BCUT2D eigenvalue weighted by Crippen LogP contribution is -2.29. The van der Waals surface area contributed by atoms with Crippen LogP contribution < -0.4 is 10.1 Å². The average Bonchev–Trinajstić information content (AvgIpc) is 2.37. The predicted octanol–water partition coefficient (Wildman–Crippen LogP) is 2.04. The number of carboxylic acids is 1. The lowest BCUT2D eigenvalue weighted by molar-refractivity contribution is -0.137. The number of aliphatic carboxylic acids is 1. The van der Waals surface area contributed by atoms with E-state index in [0.717, 1.165) is 3.57 Å². The molecule has 0 unspecified atom stereocenters. The van der Waals surface area contributed by atoms with Gasteiger partial charge in [0, 0.05) is 16.5 Å². The zero-order valence-corrected chi connectivity index (χ0v) is 12.6. The summed E-state index contributed by atoms with van der Waals surface area (Å²) in [5.41, 5.74) is 0. The fourth-order valence-corrected chi connectivity index (χ4v) is 1.72. The third-order valence-electron chi connectivity index (χ3n) is 2.32. The smallest absolute Gasteiger partial charge is 0.303 e. The standard InChI is InChI=1S/C13H16INO4/c14-10-4-6-11(7-5-10)19-9-12(16)15-8-2-1-3-13(17)18/h4-7H,1-3,8-9H2,(H,15,16)(H,17,18). The van der Waals surface area contributed by atoms with Crippen molar-refractivity contribution in [1.82, 2.24) is 5.32 Å². The van der Waals surface area contributed by atoms with Gasteiger partial charge in [0.25, 0.3) is 5.91 Å². The molecular weight excluding hydrogens is 361 g/mol. The first-order chi connectivity index (χ1) is 9.08. The minimum Gasteiger partial charge on any atom is -0.484 e. The van der Waals surface area contributed by atoms with Crippen LogP contribution in [0.4, 0.5) is 0 Å². The number of hydrogen-bond donors (Lipinski definition) is 2. The van der Waals surface area contributed by atoms with Crippen LogP contribution in [0.3, 0.4) is 0 Å². The highest BCUT2D eigenvalue weighted by Gasteiger charge is 2.02. The van der Waals surface area contributed by atoms with Gasteiger partial charge in [-0.2, -0.15) is 0 Å². The summed E-state index contributed by atoms with van der Waals surface area (Å²) >= 11 is 2.19. The zero-order valence-electron chi connectivity index (χ0n) is 10.4. The van der Waals surface area contributed by atoms with E-state index in [4.69, 9.17) is 9.84 Å². The van der Waals surface area contributed by atoms with Crippen molar-refractivity contribution in [2.45, 2.75) is 19.3 Å². The number of rotatable bonds is 8. The third kappa shape index (κ3) is 7.66. The number of amides is 1. The van der Waals surface area contributed by atoms with Crippen molar-refractivity contribution in [2.75, 3.05) is 13.2 Å². The Bertz CT molecular complexity index is 419. The van der Waals surface area contributed by atoms with Crippen LogP contribution in [-0.4, -0.2) is 30.1 Å². The molecule has 0 radical (unpaired) electrons. The van der Waals surface area contributed by atoms with Crippen LogP contribution in [0.1, 0.15) is 19.3 Å². The Morgan fingerprint density at radius 3 is 2.53 bits per heavy atom. The maximum Gasteiger partial charge on any atom is 0.303 e. The zero-order chi connectivity index (χ0) is 14.1. The highest BCUT2D eigenvalue weighted by atomic mass is 127. The number of carboxylic acid groups (broad SMARTS) is 1. The van der Waals surface area contributed by atoms with Gasteiger partial charge in [-0.1, -0.05) is 0 Å². The Balaban J connectivity index is 2.11. The van der Waals surface area contributed by atoms with Gasteiger partial charge in [-0.25, -0.2) is 0 Å². The quantitative estimate of drug-likeness (QED) is 0.537. The van der Waals surface area contributed by atoms with E-state index in [9.17, 15) is 9.59 Å². The summed E-state index contributed by atoms with van der Waals surface area (Å²) in [5, 5.41) is 11.1. The van der Waals surface area contributed by atoms with Gasteiger partial charge in [0.2, 0.25) is 0 Å². The van der Waals surface area contributed by atoms with Crippen molar-refractivity contribution in [2.24, 2.45) is 0 Å². The van der Waals surface area contributed by atoms with Gasteiger partial charge in [0.15, 0.2) is 6.61 Å². The summed E-state index contributed by atoms with van der Waals surface area (Å²) in [6.07, 6.45) is 1.35. The first kappa shape index (κ1) is 15.7. The summed E-state index contributed by atoms with van der Waals surface area (Å²) in [4.78, 5) is 21.7. The van der Waals surface area contributed by atoms with Crippen LogP contribution in [0.25, 0.3) is 0 Å². The number of unbranched alkanes of at least 4 members (excludes halogenated alkanes) is 1. The molecule has 1 amide bonds. The molecule has 1 aromatic carbocycles. The van der Waals surface area contributed by atoms with E-state index in [2.05, 4.69) is 27.9 Å². The van der Waals surface area contributed by atoms with E-state index in [-0.39, 0.29) is 18.9 Å². The largest absolute Gasteiger partial charge is 0.484 e. The second kappa shape index (κ2) is 8.73. The predicted molar refractivity (Wildman–Crippen MR) is 79.2 cm³/mol. The highest BCUT2D eigenvalue weighted by Crippen LogP contribution is 2.13. The SMILES string of the molecule is O=C(O)CCCCNC(=O)COc1ccc(I)cc1. The minimum absolute atomic E-state index is 0.0283. The lowest BCUT2D eigenvalue weighted by Gasteiger charge is -2.07. The van der Waals surface area contributed by atoms with Crippen molar-refractivity contribution < 1.29 is 19.4 Å². The maximum atomic E-state index is 11.4. The number of carbonyl (C=O) groups excluding carboxylic acids is 1. The first-order valence-electron chi connectivity index (χ1n) is 5.95. The molecule has 0 saturated heterocycles. The molecule has 0 saturated carbocycles. The molecule has 104 valence electrons. The molecule has 0 aromatic heterocycles. The van der Waals surface area contributed by atoms with Crippen LogP contribution in [0, 0.1) is 3.57 Å². The second-order valence-corrected chi connectivity index (χ2v) is 5.19. The molecule has 0 aliphatic heterocycles. The molecule has 2 N–H and O–H groups in total. The Morgan fingerprint density at radius 1 is 1.21 bits per heavy atom. The highest BCUT2D eigenvalue weighted by molar-refractivity contribution is 14.1. The molecule has 5 nitrogen and oxygen atoms in total. The first-order valence-corrected chi connectivity index (χ1v) is 7.02. The molecule has 0 spiro atoms. The minimum atomic E-state index is -0.812. The van der Waals surface area contributed by atoms with E-state index in [1.165, 1.54) is 0 Å². The lowest BCUT2D eigenvalue weighted by atomic mass is 10.2. The molecule has 0 aliphatic carbocycles. The fourth-order valence-electron chi connectivity index (χ4n) is 1.36. The van der Waals surface area contributed by atoms with E-state index >= 15 is 0 Å². The van der Waals surface area contributed by atoms with Gasteiger partial charge in [0.1, 0.15) is 5.75 Å². The fraction of sp³-hybridized carbons (Fsp3) is 0.385. The van der Waals surface area contributed by atoms with Gasteiger partial charge < -0.3 is 15.2 Å². The monoisotopic (exact) mass is 377 g/mol. The van der Waals surface area contributed by atoms with Gasteiger partial charge in [-0.05, 0) is 59.7 Å². The number of hydrogen-bond acceptors (Lipinski definition) is 3. The van der Waals surface area contributed by atoms with Crippen LogP contribution in [0.5, 0.6) is 5.75 Å². The Kier molecular flexibility index (Phi) is 7.24. The van der Waals surface area contributed by atoms with Gasteiger partial charge >= 0.3 is 5.97 Å². The van der Waals surface area contributed by atoms with Crippen LogP contribution in [-0.2, 0) is 9.59 Å². The summed E-state index contributed by atoms with van der Waals surface area (Å²) in [6.45, 7) is 0.446. The van der Waals surface area contributed by atoms with Crippen molar-refractivity contribution in [1.29, 1.82) is 0 Å². The molecule has 1 rings (SSSR count). The molecule has 0 bridgehead atoms. The van der Waals surface area contributed by atoms with Gasteiger partial charge in [0.05, 0.1) is 0 Å². The molecular formula is C13H16INO4. The van der Waals surface area contributed by atoms with Crippen molar-refractivity contribution in [3.63, 3.8) is 0 Å². The summed E-state index contributed by atoms with van der Waals surface area (Å²) in [5.74, 6) is -0.358. The topological polar surface area (TPSA) is 75.6 Å². The normalized spacial score (nSPS) is 9.95. The van der Waals surface area contributed by atoms with Crippen molar-refractivity contribution >= 4 is 34.5 Å². The second-order valence-electron chi connectivity index (χ2n) is 3.94. The summed E-state index contributed by atoms with van der Waals surface area (Å²) in [6, 6.07) is 7.42. The molecule has 0 aliphatic rings. The molecule has 19 heavy (non-hydrogen) atoms. The molecule has 0 heterocycles. The van der Waals surface area contributed by atoms with Crippen LogP contribution in [0.2, 0.25) is 0 Å². The number of carbonyl (C=O) groups is 2. The number of halogens is 1. The number of benzene rings is 1. The third-order valence-corrected chi connectivity index (χ3v) is 3.04. The maximum absolute atomic E-state index is 11.4. The van der Waals surface area contributed by atoms with E-state index in [1.54, 1.807) is 0 Å². The average molecular weight is 377 g/mol. The molecule has 6 heteroatoms. The Labute approximate surface area is 125 Å². The number of nitrogens with one attached hydrogen (secondary N) is 1. The molecule has 1 aromatic rings. The van der Waals surface area contributed by atoms with E-state index in [0.29, 0.717) is 25.1 Å². The summed E-state index contributed by atoms with van der Waals surface area (Å²) < 4.78 is 6.41. The Hall–Kier alpha value is -1.31.